The summed E-state index contributed by atoms with van der Waals surface area (Å²) in [4.78, 5) is 4.27. The highest BCUT2D eigenvalue weighted by Crippen LogP contribution is 2.31. The number of benzene rings is 2. The van der Waals surface area contributed by atoms with Crippen molar-refractivity contribution >= 4 is 15.7 Å². The standard InChI is InChI=1S/C19H22N4O2S/c1-12-13(2)15(4)19(16(5)14(12)3)26(24,25)22-17-8-6-7-9-18(17)23-11-20-10-21-23/h6-11,22H,1-5H3. The van der Waals surface area contributed by atoms with Gasteiger partial charge in [0.2, 0.25) is 0 Å². The second kappa shape index (κ2) is 6.57. The average Bonchev–Trinajstić information content (AvgIpc) is 3.12. The molecule has 2 aromatic carbocycles. The molecule has 3 rings (SSSR count). The summed E-state index contributed by atoms with van der Waals surface area (Å²) in [6.07, 6.45) is 2.94. The second-order valence-corrected chi connectivity index (χ2v) is 8.04. The highest BCUT2D eigenvalue weighted by Gasteiger charge is 2.24. The second-order valence-electron chi connectivity index (χ2n) is 6.42. The Morgan fingerprint density at radius 2 is 1.46 bits per heavy atom. The summed E-state index contributed by atoms with van der Waals surface area (Å²) in [6, 6.07) is 7.11. The van der Waals surface area contributed by atoms with Crippen molar-refractivity contribution in [2.45, 2.75) is 39.5 Å². The maximum atomic E-state index is 13.2. The first-order valence-corrected chi connectivity index (χ1v) is 9.76. The lowest BCUT2D eigenvalue weighted by molar-refractivity contribution is 0.599. The largest absolute Gasteiger partial charge is 0.277 e. The molecule has 0 spiro atoms. The third-order valence-corrected chi connectivity index (χ3v) is 6.65. The number of rotatable bonds is 4. The fourth-order valence-corrected chi connectivity index (χ4v) is 4.83. The van der Waals surface area contributed by atoms with Gasteiger partial charge >= 0.3 is 0 Å². The van der Waals surface area contributed by atoms with Crippen LogP contribution in [0, 0.1) is 34.6 Å². The van der Waals surface area contributed by atoms with E-state index in [0.717, 1.165) is 27.8 Å². The predicted octanol–water partition coefficient (Wildman–Crippen LogP) is 3.61. The van der Waals surface area contributed by atoms with Crippen LogP contribution < -0.4 is 4.72 Å². The number of nitrogens with one attached hydrogen (secondary N) is 1. The van der Waals surface area contributed by atoms with Crippen LogP contribution in [0.4, 0.5) is 5.69 Å². The van der Waals surface area contributed by atoms with Gasteiger partial charge in [0.1, 0.15) is 12.7 Å². The van der Waals surface area contributed by atoms with Crippen LogP contribution in [-0.4, -0.2) is 23.2 Å². The molecule has 0 saturated carbocycles. The van der Waals surface area contributed by atoms with E-state index in [4.69, 9.17) is 0 Å². The van der Waals surface area contributed by atoms with Crippen LogP contribution in [0.1, 0.15) is 27.8 Å². The predicted molar refractivity (Wildman–Crippen MR) is 102 cm³/mol. The van der Waals surface area contributed by atoms with E-state index in [0.29, 0.717) is 16.3 Å². The third-order valence-electron chi connectivity index (χ3n) is 5.01. The molecular formula is C19H22N4O2S. The van der Waals surface area contributed by atoms with Crippen LogP contribution in [0.25, 0.3) is 5.69 Å². The summed E-state index contributed by atoms with van der Waals surface area (Å²) < 4.78 is 30.7. The number of hydrogen-bond donors (Lipinski definition) is 1. The molecule has 6 nitrogen and oxygen atoms in total. The molecular weight excluding hydrogens is 348 g/mol. The Kier molecular flexibility index (Phi) is 4.58. The van der Waals surface area contributed by atoms with Crippen molar-refractivity contribution in [3.05, 3.63) is 64.7 Å². The summed E-state index contributed by atoms with van der Waals surface area (Å²) in [5, 5.41) is 4.10. The van der Waals surface area contributed by atoms with Crippen LogP contribution >= 0.6 is 0 Å². The van der Waals surface area contributed by atoms with Gasteiger partial charge < -0.3 is 0 Å². The van der Waals surface area contributed by atoms with Gasteiger partial charge in [-0.3, -0.25) is 4.72 Å². The molecule has 0 aliphatic rings. The Hall–Kier alpha value is -2.67. The Morgan fingerprint density at radius 3 is 2.04 bits per heavy atom. The molecule has 1 aromatic heterocycles. The minimum absolute atomic E-state index is 0.339. The van der Waals surface area contributed by atoms with E-state index in [-0.39, 0.29) is 0 Å². The van der Waals surface area contributed by atoms with Crippen molar-refractivity contribution in [2.24, 2.45) is 0 Å². The SMILES string of the molecule is Cc1c(C)c(C)c(S(=O)(=O)Nc2ccccc2-n2cncn2)c(C)c1C. The molecule has 26 heavy (non-hydrogen) atoms. The van der Waals surface area contributed by atoms with E-state index in [1.807, 2.05) is 40.7 Å². The van der Waals surface area contributed by atoms with Crippen LogP contribution in [0.3, 0.4) is 0 Å². The molecule has 136 valence electrons. The van der Waals surface area contributed by atoms with Gasteiger partial charge in [-0.1, -0.05) is 12.1 Å². The Labute approximate surface area is 154 Å². The lowest BCUT2D eigenvalue weighted by Crippen LogP contribution is -2.18. The Balaban J connectivity index is 2.14. The van der Waals surface area contributed by atoms with Gasteiger partial charge in [0.25, 0.3) is 10.0 Å². The molecule has 0 atom stereocenters. The van der Waals surface area contributed by atoms with Gasteiger partial charge in [-0.25, -0.2) is 18.1 Å². The molecule has 1 N–H and O–H groups in total. The third kappa shape index (κ3) is 2.99. The first-order chi connectivity index (χ1) is 12.2. The normalized spacial score (nSPS) is 11.6. The highest BCUT2D eigenvalue weighted by atomic mass is 32.2. The molecule has 0 unspecified atom stereocenters. The lowest BCUT2D eigenvalue weighted by atomic mass is 9.95. The van der Waals surface area contributed by atoms with Crippen molar-refractivity contribution in [2.75, 3.05) is 4.72 Å². The Bertz CT molecular complexity index is 1040. The summed E-state index contributed by atoms with van der Waals surface area (Å²) >= 11 is 0. The van der Waals surface area contributed by atoms with Crippen molar-refractivity contribution in [3.8, 4) is 5.69 Å². The van der Waals surface area contributed by atoms with E-state index in [1.54, 1.807) is 18.2 Å². The number of anilines is 1. The van der Waals surface area contributed by atoms with Crippen LogP contribution in [0.15, 0.2) is 41.8 Å². The molecule has 0 saturated heterocycles. The van der Waals surface area contributed by atoms with E-state index >= 15 is 0 Å². The molecule has 0 aliphatic carbocycles. The number of hydrogen-bond acceptors (Lipinski definition) is 4. The van der Waals surface area contributed by atoms with E-state index in [9.17, 15) is 8.42 Å². The van der Waals surface area contributed by atoms with E-state index < -0.39 is 10.0 Å². The smallest absolute Gasteiger partial charge is 0.262 e. The number of nitrogens with zero attached hydrogens (tertiary/aromatic N) is 3. The molecule has 0 aliphatic heterocycles. The lowest BCUT2D eigenvalue weighted by Gasteiger charge is -2.20. The monoisotopic (exact) mass is 370 g/mol. The van der Waals surface area contributed by atoms with E-state index in [1.165, 1.54) is 17.3 Å². The van der Waals surface area contributed by atoms with Crippen LogP contribution in [0.2, 0.25) is 0 Å². The van der Waals surface area contributed by atoms with Crippen LogP contribution in [0.5, 0.6) is 0 Å². The fourth-order valence-electron chi connectivity index (χ4n) is 3.16. The van der Waals surface area contributed by atoms with Crippen molar-refractivity contribution in [1.82, 2.24) is 14.8 Å². The Morgan fingerprint density at radius 1 is 0.885 bits per heavy atom. The molecule has 7 heteroatoms. The number of aromatic nitrogens is 3. The van der Waals surface area contributed by atoms with Gasteiger partial charge in [0.15, 0.2) is 0 Å². The summed E-state index contributed by atoms with van der Waals surface area (Å²) in [5.74, 6) is 0. The van der Waals surface area contributed by atoms with Gasteiger partial charge in [0, 0.05) is 0 Å². The van der Waals surface area contributed by atoms with E-state index in [2.05, 4.69) is 14.8 Å². The van der Waals surface area contributed by atoms with Gasteiger partial charge in [-0.05, 0) is 74.6 Å². The maximum absolute atomic E-state index is 13.2. The number of para-hydroxylation sites is 2. The first-order valence-electron chi connectivity index (χ1n) is 8.28. The fraction of sp³-hybridized carbons (Fsp3) is 0.263. The van der Waals surface area contributed by atoms with Crippen molar-refractivity contribution < 1.29 is 8.42 Å². The summed E-state index contributed by atoms with van der Waals surface area (Å²) in [6.45, 7) is 9.65. The highest BCUT2D eigenvalue weighted by molar-refractivity contribution is 7.92. The molecule has 0 radical (unpaired) electrons. The number of sulfonamides is 1. The molecule has 3 aromatic rings. The zero-order chi connectivity index (χ0) is 19.1. The molecule has 0 amide bonds. The molecule has 1 heterocycles. The topological polar surface area (TPSA) is 76.9 Å². The first kappa shape index (κ1) is 18.1. The summed E-state index contributed by atoms with van der Waals surface area (Å²) in [5.41, 5.74) is 5.74. The average molecular weight is 370 g/mol. The van der Waals surface area contributed by atoms with Crippen LogP contribution in [-0.2, 0) is 10.0 Å². The quantitative estimate of drug-likeness (QED) is 0.761. The molecule has 0 bridgehead atoms. The van der Waals surface area contributed by atoms with Gasteiger partial charge in [-0.15, -0.1) is 0 Å². The minimum Gasteiger partial charge on any atom is -0.277 e. The van der Waals surface area contributed by atoms with Gasteiger partial charge in [-0.2, -0.15) is 5.10 Å². The van der Waals surface area contributed by atoms with Gasteiger partial charge in [0.05, 0.1) is 16.3 Å². The summed E-state index contributed by atoms with van der Waals surface area (Å²) in [7, 11) is -3.76. The van der Waals surface area contributed by atoms with Crippen molar-refractivity contribution in [1.29, 1.82) is 0 Å². The minimum atomic E-state index is -3.76. The van der Waals surface area contributed by atoms with Crippen molar-refractivity contribution in [3.63, 3.8) is 0 Å². The zero-order valence-corrected chi connectivity index (χ0v) is 16.3. The zero-order valence-electron chi connectivity index (χ0n) is 15.5. The molecule has 0 fully saturated rings. The maximum Gasteiger partial charge on any atom is 0.262 e.